The molecular weight excluding hydrogens is 324 g/mol. The van der Waals surface area contributed by atoms with E-state index in [0.717, 1.165) is 0 Å². The van der Waals surface area contributed by atoms with Gasteiger partial charge in [-0.2, -0.15) is 5.10 Å². The first kappa shape index (κ1) is 16.4. The van der Waals surface area contributed by atoms with Crippen molar-refractivity contribution in [2.24, 2.45) is 5.10 Å². The number of halogens is 1. The number of nitro benzene ring substituents is 2. The highest BCUT2D eigenvalue weighted by Crippen LogP contribution is 2.25. The van der Waals surface area contributed by atoms with Gasteiger partial charge in [-0.05, 0) is 19.1 Å². The molecule has 1 N–H and O–H groups in total. The minimum atomic E-state index is -0.576. The second-order valence-corrected chi connectivity index (χ2v) is 4.95. The molecule has 0 saturated carbocycles. The molecule has 0 spiro atoms. The summed E-state index contributed by atoms with van der Waals surface area (Å²) in [4.78, 5) is 20.5. The molecule has 0 radical (unpaired) electrons. The molecule has 9 heteroatoms. The Bertz CT molecular complexity index is 807. The number of rotatable bonds is 5. The number of benzene rings is 2. The van der Waals surface area contributed by atoms with E-state index in [1.54, 1.807) is 19.1 Å². The van der Waals surface area contributed by atoms with Gasteiger partial charge in [0.15, 0.2) is 0 Å². The highest BCUT2D eigenvalue weighted by molar-refractivity contribution is 6.32. The van der Waals surface area contributed by atoms with Gasteiger partial charge in [0.2, 0.25) is 0 Å². The molecule has 0 aromatic heterocycles. The standard InChI is InChI=1S/C14H11ClN4O4/c1-9(10-5-6-13(15)14(7-10)19(22)23)16-17-11-3-2-4-12(8-11)18(20)21/h2-8,17H,1H3/b16-9+. The Morgan fingerprint density at radius 3 is 2.52 bits per heavy atom. The average molecular weight is 335 g/mol. The summed E-state index contributed by atoms with van der Waals surface area (Å²) in [7, 11) is 0. The van der Waals surface area contributed by atoms with Crippen LogP contribution in [-0.2, 0) is 0 Å². The number of hydrogen-bond acceptors (Lipinski definition) is 6. The Balaban J connectivity index is 2.23. The highest BCUT2D eigenvalue weighted by Gasteiger charge is 2.13. The largest absolute Gasteiger partial charge is 0.288 e. The summed E-state index contributed by atoms with van der Waals surface area (Å²) in [6, 6.07) is 10.2. The Morgan fingerprint density at radius 2 is 1.87 bits per heavy atom. The van der Waals surface area contributed by atoms with Gasteiger partial charge in [-0.3, -0.25) is 25.7 Å². The quantitative estimate of drug-likeness (QED) is 0.504. The van der Waals surface area contributed by atoms with E-state index in [0.29, 0.717) is 17.0 Å². The van der Waals surface area contributed by atoms with Crippen molar-refractivity contribution in [3.63, 3.8) is 0 Å². The molecule has 0 unspecified atom stereocenters. The number of nitrogens with zero attached hydrogens (tertiary/aromatic N) is 3. The van der Waals surface area contributed by atoms with Crippen LogP contribution in [0.15, 0.2) is 47.6 Å². The molecule has 2 rings (SSSR count). The number of hydrogen-bond donors (Lipinski definition) is 1. The zero-order chi connectivity index (χ0) is 17.0. The van der Waals surface area contributed by atoms with Crippen LogP contribution in [0.4, 0.5) is 17.1 Å². The lowest BCUT2D eigenvalue weighted by Gasteiger charge is -2.04. The number of non-ortho nitro benzene ring substituents is 1. The van der Waals surface area contributed by atoms with E-state index in [1.165, 1.54) is 30.3 Å². The number of nitrogens with one attached hydrogen (secondary N) is 1. The summed E-state index contributed by atoms with van der Waals surface area (Å²) < 4.78 is 0. The fraction of sp³-hybridized carbons (Fsp3) is 0.0714. The van der Waals surface area contributed by atoms with E-state index in [4.69, 9.17) is 11.6 Å². The Morgan fingerprint density at radius 1 is 1.13 bits per heavy atom. The normalized spacial score (nSPS) is 11.1. The van der Waals surface area contributed by atoms with E-state index in [1.807, 2.05) is 0 Å². The van der Waals surface area contributed by atoms with E-state index in [-0.39, 0.29) is 16.4 Å². The molecule has 0 aliphatic rings. The van der Waals surface area contributed by atoms with Gasteiger partial charge in [0.05, 0.1) is 21.2 Å². The lowest BCUT2D eigenvalue weighted by Crippen LogP contribution is -2.01. The van der Waals surface area contributed by atoms with Crippen LogP contribution in [0.1, 0.15) is 12.5 Å². The molecule has 23 heavy (non-hydrogen) atoms. The fourth-order valence-electron chi connectivity index (χ4n) is 1.78. The molecule has 0 aliphatic carbocycles. The van der Waals surface area contributed by atoms with Crippen molar-refractivity contribution in [1.82, 2.24) is 0 Å². The topological polar surface area (TPSA) is 111 Å². The average Bonchev–Trinajstić information content (AvgIpc) is 2.53. The van der Waals surface area contributed by atoms with Crippen LogP contribution in [0.2, 0.25) is 5.02 Å². The first-order chi connectivity index (χ1) is 10.9. The van der Waals surface area contributed by atoms with Crippen molar-refractivity contribution in [2.75, 3.05) is 5.43 Å². The second kappa shape index (κ2) is 6.84. The molecule has 0 saturated heterocycles. The molecule has 0 aliphatic heterocycles. The monoisotopic (exact) mass is 334 g/mol. The summed E-state index contributed by atoms with van der Waals surface area (Å²) in [6.07, 6.45) is 0. The van der Waals surface area contributed by atoms with Gasteiger partial charge in [0.1, 0.15) is 5.02 Å². The number of hydrazone groups is 1. The minimum absolute atomic E-state index is 0.0400. The summed E-state index contributed by atoms with van der Waals surface area (Å²) in [5, 5.41) is 25.7. The van der Waals surface area contributed by atoms with Gasteiger partial charge in [-0.1, -0.05) is 23.7 Å². The van der Waals surface area contributed by atoms with E-state index in [2.05, 4.69) is 10.5 Å². The van der Waals surface area contributed by atoms with E-state index in [9.17, 15) is 20.2 Å². The van der Waals surface area contributed by atoms with Crippen LogP contribution < -0.4 is 5.43 Å². The third-order valence-electron chi connectivity index (χ3n) is 2.97. The van der Waals surface area contributed by atoms with Gasteiger partial charge in [-0.15, -0.1) is 0 Å². The summed E-state index contributed by atoms with van der Waals surface area (Å²) in [5.41, 5.74) is 3.82. The van der Waals surface area contributed by atoms with Crippen molar-refractivity contribution in [3.8, 4) is 0 Å². The zero-order valence-corrected chi connectivity index (χ0v) is 12.6. The molecule has 2 aromatic rings. The molecule has 2 aromatic carbocycles. The number of anilines is 1. The van der Waals surface area contributed by atoms with Crippen molar-refractivity contribution in [1.29, 1.82) is 0 Å². The van der Waals surface area contributed by atoms with Gasteiger partial charge < -0.3 is 0 Å². The lowest BCUT2D eigenvalue weighted by molar-refractivity contribution is -0.384. The third kappa shape index (κ3) is 4.01. The van der Waals surface area contributed by atoms with Crippen LogP contribution in [0.5, 0.6) is 0 Å². The highest BCUT2D eigenvalue weighted by atomic mass is 35.5. The van der Waals surface area contributed by atoms with Crippen molar-refractivity contribution in [3.05, 3.63) is 73.3 Å². The van der Waals surface area contributed by atoms with Crippen molar-refractivity contribution >= 4 is 34.4 Å². The van der Waals surface area contributed by atoms with Crippen LogP contribution in [0.3, 0.4) is 0 Å². The fourth-order valence-corrected chi connectivity index (χ4v) is 1.97. The van der Waals surface area contributed by atoms with Crippen LogP contribution in [-0.4, -0.2) is 15.6 Å². The summed E-state index contributed by atoms with van der Waals surface area (Å²) >= 11 is 5.75. The SMILES string of the molecule is C/C(=N\Nc1cccc([N+](=O)[O-])c1)c1ccc(Cl)c([N+](=O)[O-])c1. The molecular formula is C14H11ClN4O4. The number of nitro groups is 2. The molecule has 0 fully saturated rings. The molecule has 118 valence electrons. The molecule has 0 heterocycles. The van der Waals surface area contributed by atoms with Crippen molar-refractivity contribution in [2.45, 2.75) is 6.92 Å². The van der Waals surface area contributed by atoms with Gasteiger partial charge in [0.25, 0.3) is 11.4 Å². The molecule has 0 atom stereocenters. The predicted octanol–water partition coefficient (Wildman–Crippen LogP) is 3.99. The molecule has 0 amide bonds. The molecule has 0 bridgehead atoms. The van der Waals surface area contributed by atoms with Gasteiger partial charge in [0, 0.05) is 23.8 Å². The Hall–Kier alpha value is -3.00. The maximum atomic E-state index is 10.9. The lowest BCUT2D eigenvalue weighted by atomic mass is 10.1. The minimum Gasteiger partial charge on any atom is -0.278 e. The first-order valence-corrected chi connectivity index (χ1v) is 6.75. The van der Waals surface area contributed by atoms with E-state index >= 15 is 0 Å². The summed E-state index contributed by atoms with van der Waals surface area (Å²) in [5.74, 6) is 0. The maximum Gasteiger partial charge on any atom is 0.288 e. The Kier molecular flexibility index (Phi) is 4.87. The van der Waals surface area contributed by atoms with Crippen molar-refractivity contribution < 1.29 is 9.85 Å². The third-order valence-corrected chi connectivity index (χ3v) is 3.29. The molecule has 8 nitrogen and oxygen atoms in total. The van der Waals surface area contributed by atoms with Crippen LogP contribution in [0, 0.1) is 20.2 Å². The Labute approximate surface area is 135 Å². The zero-order valence-electron chi connectivity index (χ0n) is 11.9. The van der Waals surface area contributed by atoms with E-state index < -0.39 is 9.85 Å². The van der Waals surface area contributed by atoms with Gasteiger partial charge >= 0.3 is 0 Å². The summed E-state index contributed by atoms with van der Waals surface area (Å²) in [6.45, 7) is 1.65. The van der Waals surface area contributed by atoms with Crippen LogP contribution >= 0.6 is 11.6 Å². The smallest absolute Gasteiger partial charge is 0.278 e. The van der Waals surface area contributed by atoms with Crippen LogP contribution in [0.25, 0.3) is 0 Å². The second-order valence-electron chi connectivity index (χ2n) is 4.54. The first-order valence-electron chi connectivity index (χ1n) is 6.37. The van der Waals surface area contributed by atoms with Gasteiger partial charge in [-0.25, -0.2) is 0 Å². The predicted molar refractivity (Wildman–Crippen MR) is 87.0 cm³/mol. The maximum absolute atomic E-state index is 10.9.